The van der Waals surface area contributed by atoms with Crippen molar-refractivity contribution < 1.29 is 22.7 Å². The lowest BCUT2D eigenvalue weighted by atomic mass is 10.1. The van der Waals surface area contributed by atoms with Gasteiger partial charge in [-0.05, 0) is 37.1 Å². The fraction of sp³-hybridized carbons (Fsp3) is 0.474. The summed E-state index contributed by atoms with van der Waals surface area (Å²) in [6.07, 6.45) is -0.443. The molecule has 2 atom stereocenters. The maximum atomic E-state index is 11.8. The quantitative estimate of drug-likeness (QED) is 0.679. The number of carbonyl (C=O) groups excluding carboxylic acids is 1. The number of ether oxygens (including phenoxy) is 2. The van der Waals surface area contributed by atoms with Gasteiger partial charge in [-0.3, -0.25) is 5.10 Å². The van der Waals surface area contributed by atoms with E-state index in [0.29, 0.717) is 18.8 Å². The second-order valence-corrected chi connectivity index (χ2v) is 9.80. The standard InChI is InChI=1S/C19H24N4O5S/c1-11(2)20-19(24)28-15-6-17(27-8-15)16-7-18(23-22-16)21-14-4-3-12-9-29(25,26)10-13(12)5-14/h3-5,7,11,15,17H,6,8-10H2,1-2H3,(H,20,24)(H2,21,22,23)/t15-,17-/m0/s1. The Morgan fingerprint density at radius 1 is 1.28 bits per heavy atom. The van der Waals surface area contributed by atoms with Crippen molar-refractivity contribution >= 4 is 27.4 Å². The molecule has 2 aliphatic heterocycles. The van der Waals surface area contributed by atoms with Gasteiger partial charge < -0.3 is 20.1 Å². The molecule has 0 spiro atoms. The molecule has 3 N–H and O–H groups in total. The summed E-state index contributed by atoms with van der Waals surface area (Å²) >= 11 is 0. The Kier molecular flexibility index (Phi) is 5.22. The number of amides is 1. The Labute approximate surface area is 169 Å². The van der Waals surface area contributed by atoms with Crippen LogP contribution in [0, 0.1) is 0 Å². The van der Waals surface area contributed by atoms with Crippen LogP contribution in [0.4, 0.5) is 16.3 Å². The van der Waals surface area contributed by atoms with E-state index < -0.39 is 15.9 Å². The number of rotatable bonds is 5. The van der Waals surface area contributed by atoms with Crippen LogP contribution in [-0.2, 0) is 30.8 Å². The van der Waals surface area contributed by atoms with Gasteiger partial charge in [0.15, 0.2) is 15.7 Å². The second kappa shape index (κ2) is 7.68. The van der Waals surface area contributed by atoms with Crippen molar-refractivity contribution in [2.45, 2.75) is 50.0 Å². The highest BCUT2D eigenvalue weighted by Crippen LogP contribution is 2.32. The van der Waals surface area contributed by atoms with E-state index in [0.717, 1.165) is 22.5 Å². The lowest BCUT2D eigenvalue weighted by Gasteiger charge is -2.13. The van der Waals surface area contributed by atoms with Crippen molar-refractivity contribution in [2.75, 3.05) is 11.9 Å². The van der Waals surface area contributed by atoms with E-state index in [1.807, 2.05) is 38.1 Å². The smallest absolute Gasteiger partial charge is 0.407 e. The average Bonchev–Trinajstić information content (AvgIpc) is 3.31. The third kappa shape index (κ3) is 4.70. The number of carbonyl (C=O) groups is 1. The number of nitrogens with one attached hydrogen (secondary N) is 3. The van der Waals surface area contributed by atoms with Crippen LogP contribution in [-0.4, -0.2) is 43.5 Å². The lowest BCUT2D eigenvalue weighted by Crippen LogP contribution is -2.33. The topological polar surface area (TPSA) is 122 Å². The van der Waals surface area contributed by atoms with Gasteiger partial charge in [-0.2, -0.15) is 5.10 Å². The van der Waals surface area contributed by atoms with E-state index in [9.17, 15) is 13.2 Å². The molecule has 1 fully saturated rings. The molecule has 10 heteroatoms. The number of fused-ring (bicyclic) bond motifs is 1. The number of anilines is 2. The molecule has 4 rings (SSSR count). The number of sulfone groups is 1. The largest absolute Gasteiger partial charge is 0.444 e. The van der Waals surface area contributed by atoms with Gasteiger partial charge in [-0.1, -0.05) is 6.07 Å². The fourth-order valence-electron chi connectivity index (χ4n) is 3.54. The third-order valence-corrected chi connectivity index (χ3v) is 6.32. The Hall–Kier alpha value is -2.59. The minimum Gasteiger partial charge on any atom is -0.444 e. The summed E-state index contributed by atoms with van der Waals surface area (Å²) in [5.74, 6) is 0.782. The van der Waals surface area contributed by atoms with Crippen LogP contribution in [0.15, 0.2) is 24.3 Å². The number of aromatic amines is 1. The van der Waals surface area contributed by atoms with E-state index in [-0.39, 0.29) is 29.8 Å². The Bertz CT molecular complexity index is 1020. The summed E-state index contributed by atoms with van der Waals surface area (Å²) in [7, 11) is -3.03. The monoisotopic (exact) mass is 420 g/mol. The van der Waals surface area contributed by atoms with Gasteiger partial charge in [-0.15, -0.1) is 0 Å². The van der Waals surface area contributed by atoms with Crippen LogP contribution in [0.3, 0.4) is 0 Å². The van der Waals surface area contributed by atoms with Crippen LogP contribution >= 0.6 is 0 Å². The summed E-state index contributed by atoms with van der Waals surface area (Å²) in [6.45, 7) is 4.07. The molecular formula is C19H24N4O5S. The summed E-state index contributed by atoms with van der Waals surface area (Å²) in [4.78, 5) is 11.7. The Morgan fingerprint density at radius 3 is 2.86 bits per heavy atom. The van der Waals surface area contributed by atoms with E-state index >= 15 is 0 Å². The maximum Gasteiger partial charge on any atom is 0.407 e. The molecule has 0 bridgehead atoms. The zero-order valence-electron chi connectivity index (χ0n) is 16.3. The zero-order chi connectivity index (χ0) is 20.6. The number of hydrogen-bond donors (Lipinski definition) is 3. The van der Waals surface area contributed by atoms with Gasteiger partial charge >= 0.3 is 6.09 Å². The molecule has 29 heavy (non-hydrogen) atoms. The number of hydrogen-bond acceptors (Lipinski definition) is 7. The fourth-order valence-corrected chi connectivity index (χ4v) is 5.14. The van der Waals surface area contributed by atoms with Crippen molar-refractivity contribution in [1.82, 2.24) is 15.5 Å². The first-order chi connectivity index (χ1) is 13.8. The normalized spacial score (nSPS) is 22.4. The highest BCUT2D eigenvalue weighted by atomic mass is 32.2. The first kappa shape index (κ1) is 19.7. The van der Waals surface area contributed by atoms with Gasteiger partial charge in [0, 0.05) is 24.2 Å². The molecular weight excluding hydrogens is 396 g/mol. The molecule has 156 valence electrons. The first-order valence-electron chi connectivity index (χ1n) is 9.51. The molecule has 1 amide bonds. The molecule has 0 saturated carbocycles. The van der Waals surface area contributed by atoms with Crippen molar-refractivity contribution in [2.24, 2.45) is 0 Å². The van der Waals surface area contributed by atoms with Crippen LogP contribution in [0.2, 0.25) is 0 Å². The van der Waals surface area contributed by atoms with E-state index in [2.05, 4.69) is 20.8 Å². The molecule has 1 aromatic heterocycles. The third-order valence-electron chi connectivity index (χ3n) is 4.81. The maximum absolute atomic E-state index is 11.8. The van der Waals surface area contributed by atoms with Crippen molar-refractivity contribution in [1.29, 1.82) is 0 Å². The van der Waals surface area contributed by atoms with Crippen LogP contribution in [0.5, 0.6) is 0 Å². The minimum absolute atomic E-state index is 0.0150. The van der Waals surface area contributed by atoms with Crippen molar-refractivity contribution in [3.8, 4) is 0 Å². The van der Waals surface area contributed by atoms with E-state index in [4.69, 9.17) is 9.47 Å². The molecule has 2 aliphatic rings. The molecule has 0 radical (unpaired) electrons. The highest BCUT2D eigenvalue weighted by Gasteiger charge is 2.31. The van der Waals surface area contributed by atoms with Gasteiger partial charge in [0.05, 0.1) is 23.8 Å². The zero-order valence-corrected chi connectivity index (χ0v) is 17.1. The molecule has 9 nitrogen and oxygen atoms in total. The number of benzene rings is 1. The Balaban J connectivity index is 1.36. The van der Waals surface area contributed by atoms with Gasteiger partial charge in [0.1, 0.15) is 12.2 Å². The summed E-state index contributed by atoms with van der Waals surface area (Å²) in [5.41, 5.74) is 3.24. The molecule has 0 aliphatic carbocycles. The number of nitrogens with zero attached hydrogens (tertiary/aromatic N) is 1. The molecule has 1 saturated heterocycles. The van der Waals surface area contributed by atoms with Gasteiger partial charge in [-0.25, -0.2) is 13.2 Å². The van der Waals surface area contributed by atoms with Crippen LogP contribution in [0.1, 0.15) is 43.2 Å². The predicted molar refractivity (Wildman–Crippen MR) is 106 cm³/mol. The predicted octanol–water partition coefficient (Wildman–Crippen LogP) is 2.55. The summed E-state index contributed by atoms with van der Waals surface area (Å²) in [5, 5.41) is 13.1. The first-order valence-corrected chi connectivity index (χ1v) is 11.3. The minimum atomic E-state index is -3.03. The molecule has 2 aromatic rings. The van der Waals surface area contributed by atoms with Crippen molar-refractivity contribution in [3.63, 3.8) is 0 Å². The Morgan fingerprint density at radius 2 is 2.07 bits per heavy atom. The number of alkyl carbamates (subject to hydrolysis) is 1. The average molecular weight is 420 g/mol. The summed E-state index contributed by atoms with van der Waals surface area (Å²) in [6, 6.07) is 7.38. The van der Waals surface area contributed by atoms with E-state index in [1.165, 1.54) is 0 Å². The van der Waals surface area contributed by atoms with Crippen LogP contribution in [0.25, 0.3) is 0 Å². The molecule has 3 heterocycles. The SMILES string of the molecule is CC(C)NC(=O)O[C@@H]1CO[C@H](c2cc(Nc3ccc4c(c3)CS(=O)(=O)C4)n[nH]2)C1. The van der Waals surface area contributed by atoms with Gasteiger partial charge in [0.25, 0.3) is 0 Å². The molecule has 1 aromatic carbocycles. The summed E-state index contributed by atoms with van der Waals surface area (Å²) < 4.78 is 34.6. The van der Waals surface area contributed by atoms with E-state index in [1.54, 1.807) is 0 Å². The number of H-pyrrole nitrogens is 1. The lowest BCUT2D eigenvalue weighted by molar-refractivity contribution is 0.0682. The highest BCUT2D eigenvalue weighted by molar-refractivity contribution is 7.90. The van der Waals surface area contributed by atoms with Crippen LogP contribution < -0.4 is 10.6 Å². The number of aromatic nitrogens is 2. The second-order valence-electron chi connectivity index (χ2n) is 7.73. The van der Waals surface area contributed by atoms with Gasteiger partial charge in [0.2, 0.25) is 0 Å². The van der Waals surface area contributed by atoms with Crippen molar-refractivity contribution in [3.05, 3.63) is 41.1 Å². The molecule has 0 unspecified atom stereocenters.